The average Bonchev–Trinajstić information content (AvgIpc) is 3.16. The molecule has 2 amide bonds. The van der Waals surface area contributed by atoms with Crippen LogP contribution in [-0.4, -0.2) is 38.5 Å². The van der Waals surface area contributed by atoms with E-state index in [-0.39, 0.29) is 23.4 Å². The summed E-state index contributed by atoms with van der Waals surface area (Å²) < 4.78 is 0. The molecule has 2 bridgehead atoms. The minimum absolute atomic E-state index is 0.0316. The molecule has 6 heteroatoms. The number of rotatable bonds is 4. The minimum Gasteiger partial charge on any atom is -0.351 e. The van der Waals surface area contributed by atoms with Crippen molar-refractivity contribution in [2.24, 2.45) is 5.92 Å². The van der Waals surface area contributed by atoms with Gasteiger partial charge in [0, 0.05) is 35.5 Å². The molecule has 3 fully saturated rings. The van der Waals surface area contributed by atoms with Crippen LogP contribution in [0.3, 0.4) is 0 Å². The number of hydrogen-bond acceptors (Lipinski definition) is 3. The molecule has 1 aliphatic heterocycles. The van der Waals surface area contributed by atoms with Crippen LogP contribution in [0, 0.1) is 5.92 Å². The Morgan fingerprint density at radius 2 is 1.93 bits per heavy atom. The van der Waals surface area contributed by atoms with Crippen LogP contribution in [0.2, 0.25) is 0 Å². The lowest BCUT2D eigenvalue weighted by atomic mass is 9.50. The van der Waals surface area contributed by atoms with Gasteiger partial charge in [0.25, 0.3) is 5.91 Å². The second-order valence-electron chi connectivity index (χ2n) is 9.24. The Labute approximate surface area is 174 Å². The van der Waals surface area contributed by atoms with E-state index in [1.54, 1.807) is 6.20 Å². The van der Waals surface area contributed by atoms with Crippen molar-refractivity contribution in [1.29, 1.82) is 0 Å². The van der Waals surface area contributed by atoms with E-state index in [4.69, 9.17) is 0 Å². The lowest BCUT2D eigenvalue weighted by Gasteiger charge is -2.62. The first-order valence-corrected chi connectivity index (χ1v) is 10.7. The van der Waals surface area contributed by atoms with Crippen LogP contribution in [0.1, 0.15) is 47.2 Å². The number of aromatic amines is 1. The molecule has 0 unspecified atom stereocenters. The molecule has 2 aromatic carbocycles. The van der Waals surface area contributed by atoms with E-state index < -0.39 is 0 Å². The molecule has 0 spiro atoms. The van der Waals surface area contributed by atoms with Crippen LogP contribution in [0.25, 0.3) is 10.9 Å². The van der Waals surface area contributed by atoms with Crippen molar-refractivity contribution in [2.45, 2.75) is 50.2 Å². The molecule has 6 nitrogen and oxygen atoms in total. The van der Waals surface area contributed by atoms with Gasteiger partial charge in [-0.2, -0.15) is 5.10 Å². The maximum atomic E-state index is 13.5. The summed E-state index contributed by atoms with van der Waals surface area (Å²) in [5.41, 5.74) is 4.00. The summed E-state index contributed by atoms with van der Waals surface area (Å²) in [5, 5.41) is 11.1. The van der Waals surface area contributed by atoms with Crippen LogP contribution in [-0.2, 0) is 17.8 Å². The van der Waals surface area contributed by atoms with Gasteiger partial charge in [-0.3, -0.25) is 14.7 Å². The van der Waals surface area contributed by atoms with Gasteiger partial charge >= 0.3 is 0 Å². The maximum Gasteiger partial charge on any atom is 0.254 e. The molecule has 152 valence electrons. The van der Waals surface area contributed by atoms with E-state index in [2.05, 4.69) is 27.6 Å². The molecule has 4 aliphatic rings. The lowest BCUT2D eigenvalue weighted by molar-refractivity contribution is -0.133. The van der Waals surface area contributed by atoms with E-state index in [0.717, 1.165) is 41.6 Å². The Bertz CT molecular complexity index is 1150. The Morgan fingerprint density at radius 3 is 2.70 bits per heavy atom. The van der Waals surface area contributed by atoms with Gasteiger partial charge in [-0.25, -0.2) is 0 Å². The first-order chi connectivity index (χ1) is 14.6. The van der Waals surface area contributed by atoms with Gasteiger partial charge in [-0.15, -0.1) is 0 Å². The van der Waals surface area contributed by atoms with Gasteiger partial charge in [-0.1, -0.05) is 24.3 Å². The van der Waals surface area contributed by atoms with Crippen molar-refractivity contribution in [1.82, 2.24) is 20.4 Å². The van der Waals surface area contributed by atoms with E-state index >= 15 is 0 Å². The number of H-pyrrole nitrogens is 1. The number of carbonyl (C=O) groups is 2. The zero-order chi connectivity index (χ0) is 20.3. The summed E-state index contributed by atoms with van der Waals surface area (Å²) in [6.07, 6.45) is 6.16. The fraction of sp³-hybridized carbons (Fsp3) is 0.375. The van der Waals surface area contributed by atoms with Crippen molar-refractivity contribution in [3.63, 3.8) is 0 Å². The number of aromatic nitrogens is 2. The molecular formula is C24H24N4O2. The Balaban J connectivity index is 1.27. The number of hydrogen-bond donors (Lipinski definition) is 2. The molecule has 7 rings (SSSR count). The Hall–Kier alpha value is -3.15. The van der Waals surface area contributed by atoms with E-state index in [9.17, 15) is 9.59 Å². The number of fused-ring (bicyclic) bond motifs is 2. The molecule has 2 N–H and O–H groups in total. The van der Waals surface area contributed by atoms with Gasteiger partial charge in [0.2, 0.25) is 5.91 Å². The predicted molar refractivity (Wildman–Crippen MR) is 113 cm³/mol. The maximum absolute atomic E-state index is 13.5. The largest absolute Gasteiger partial charge is 0.351 e. The van der Waals surface area contributed by atoms with Crippen molar-refractivity contribution in [2.75, 3.05) is 0 Å². The zero-order valence-electron chi connectivity index (χ0n) is 16.7. The van der Waals surface area contributed by atoms with Crippen LogP contribution in [0.4, 0.5) is 0 Å². The number of amides is 2. The topological polar surface area (TPSA) is 78.1 Å². The van der Waals surface area contributed by atoms with E-state index in [1.807, 2.05) is 35.2 Å². The summed E-state index contributed by atoms with van der Waals surface area (Å²) >= 11 is 0. The van der Waals surface area contributed by atoms with E-state index in [0.29, 0.717) is 24.9 Å². The van der Waals surface area contributed by atoms with Gasteiger partial charge < -0.3 is 10.2 Å². The second kappa shape index (κ2) is 6.42. The monoisotopic (exact) mass is 400 g/mol. The van der Waals surface area contributed by atoms with Crippen LogP contribution in [0.5, 0.6) is 0 Å². The third kappa shape index (κ3) is 2.82. The minimum atomic E-state index is -0.139. The number of carbonyl (C=O) groups excluding carboxylic acids is 2. The standard InChI is InChI=1S/C24H24N4O2/c29-22(26-24-10-15(11-24)12-24)9-20-8-16-3-1-2-4-18(16)14-28(20)23(30)17-5-6-21-19(7-17)13-25-27-21/h1-7,13,15,20H,8-12,14H2,(H,25,27)(H,26,29)/t15?,20-,24?/m1/s1. The van der Waals surface area contributed by atoms with Crippen LogP contribution < -0.4 is 5.32 Å². The van der Waals surface area contributed by atoms with Crippen molar-refractivity contribution in [3.8, 4) is 0 Å². The molecule has 1 atom stereocenters. The summed E-state index contributed by atoms with van der Waals surface area (Å²) in [4.78, 5) is 28.2. The second-order valence-corrected chi connectivity index (χ2v) is 9.24. The molecule has 0 saturated heterocycles. The third-order valence-corrected chi connectivity index (χ3v) is 7.17. The Morgan fingerprint density at radius 1 is 1.13 bits per heavy atom. The highest BCUT2D eigenvalue weighted by Crippen LogP contribution is 2.56. The van der Waals surface area contributed by atoms with Crippen molar-refractivity contribution in [3.05, 3.63) is 65.4 Å². The van der Waals surface area contributed by atoms with Crippen molar-refractivity contribution >= 4 is 22.7 Å². The molecule has 30 heavy (non-hydrogen) atoms. The van der Waals surface area contributed by atoms with E-state index in [1.165, 1.54) is 5.56 Å². The molecule has 3 saturated carbocycles. The third-order valence-electron chi connectivity index (χ3n) is 7.17. The quantitative estimate of drug-likeness (QED) is 0.706. The van der Waals surface area contributed by atoms with Gasteiger partial charge in [0.15, 0.2) is 0 Å². The average molecular weight is 400 g/mol. The summed E-state index contributed by atoms with van der Waals surface area (Å²) in [6, 6.07) is 13.7. The first-order valence-electron chi connectivity index (χ1n) is 10.7. The smallest absolute Gasteiger partial charge is 0.254 e. The first kappa shape index (κ1) is 17.7. The molecule has 1 aromatic heterocycles. The number of benzene rings is 2. The van der Waals surface area contributed by atoms with Gasteiger partial charge in [-0.05, 0) is 60.9 Å². The fourth-order valence-corrected chi connectivity index (χ4v) is 5.44. The molecule has 2 heterocycles. The SMILES string of the molecule is O=C(C[C@H]1Cc2ccccc2CN1C(=O)c1ccc2[nH]ncc2c1)NC12CC(C1)C2. The molecular weight excluding hydrogens is 376 g/mol. The fourth-order valence-electron chi connectivity index (χ4n) is 5.44. The van der Waals surface area contributed by atoms with Gasteiger partial charge in [0.1, 0.15) is 0 Å². The van der Waals surface area contributed by atoms with Crippen LogP contribution in [0.15, 0.2) is 48.7 Å². The van der Waals surface area contributed by atoms with Crippen LogP contribution >= 0.6 is 0 Å². The summed E-state index contributed by atoms with van der Waals surface area (Å²) in [5.74, 6) is 0.860. The van der Waals surface area contributed by atoms with Gasteiger partial charge in [0.05, 0.1) is 11.7 Å². The highest BCUT2D eigenvalue weighted by Gasteiger charge is 2.57. The predicted octanol–water partition coefficient (Wildman–Crippen LogP) is 3.19. The number of nitrogens with one attached hydrogen (secondary N) is 2. The number of nitrogens with zero attached hydrogens (tertiary/aromatic N) is 2. The lowest BCUT2D eigenvalue weighted by Crippen LogP contribution is -2.68. The summed E-state index contributed by atoms with van der Waals surface area (Å²) in [6.45, 7) is 0.531. The highest BCUT2D eigenvalue weighted by molar-refractivity contribution is 5.98. The van der Waals surface area contributed by atoms with Crippen molar-refractivity contribution < 1.29 is 9.59 Å². The molecule has 3 aromatic rings. The zero-order valence-corrected chi connectivity index (χ0v) is 16.7. The molecule has 0 radical (unpaired) electrons. The Kier molecular flexibility index (Phi) is 3.79. The normalized spacial score (nSPS) is 26.5. The molecule has 3 aliphatic carbocycles. The summed E-state index contributed by atoms with van der Waals surface area (Å²) in [7, 11) is 0. The highest BCUT2D eigenvalue weighted by atomic mass is 16.2.